The molecule has 0 unspecified atom stereocenters. The molecule has 160 valence electrons. The van der Waals surface area contributed by atoms with Crippen LogP contribution < -0.4 is 14.4 Å². The van der Waals surface area contributed by atoms with E-state index in [-0.39, 0.29) is 12.5 Å². The third kappa shape index (κ3) is 5.37. The second-order valence-electron chi connectivity index (χ2n) is 7.62. The van der Waals surface area contributed by atoms with Crippen molar-refractivity contribution in [2.24, 2.45) is 0 Å². The molecule has 0 saturated carbocycles. The van der Waals surface area contributed by atoms with Gasteiger partial charge in [0.25, 0.3) is 5.91 Å². The Labute approximate surface area is 183 Å². The number of anilines is 1. The van der Waals surface area contributed by atoms with Crippen molar-refractivity contribution < 1.29 is 14.3 Å². The van der Waals surface area contributed by atoms with Crippen molar-refractivity contribution in [1.82, 2.24) is 4.90 Å². The highest BCUT2D eigenvalue weighted by molar-refractivity contribution is 5.78. The molecule has 0 aromatic heterocycles. The Morgan fingerprint density at radius 2 is 1.52 bits per heavy atom. The smallest absolute Gasteiger partial charge is 0.260 e. The number of methoxy groups -OCH3 is 1. The molecule has 1 aliphatic heterocycles. The molecule has 0 spiro atoms. The Hall–Kier alpha value is -3.47. The lowest BCUT2D eigenvalue weighted by Crippen LogP contribution is -2.50. The summed E-state index contributed by atoms with van der Waals surface area (Å²) in [5.41, 5.74) is 3.46. The average Bonchev–Trinajstić information content (AvgIpc) is 2.84. The topological polar surface area (TPSA) is 42.0 Å². The molecule has 1 saturated heterocycles. The van der Waals surface area contributed by atoms with Crippen LogP contribution in [0.25, 0.3) is 0 Å². The first-order valence-electron chi connectivity index (χ1n) is 10.6. The van der Waals surface area contributed by atoms with E-state index >= 15 is 0 Å². The largest absolute Gasteiger partial charge is 0.497 e. The number of nitrogens with zero attached hydrogens (tertiary/aromatic N) is 2. The van der Waals surface area contributed by atoms with E-state index in [2.05, 4.69) is 35.2 Å². The SMILES string of the molecule is COc1ccc(N2CCN(C(=O)COc3ccccc3Cc3ccccc3)CC2)cc1. The summed E-state index contributed by atoms with van der Waals surface area (Å²) >= 11 is 0. The van der Waals surface area contributed by atoms with Gasteiger partial charge in [0.15, 0.2) is 6.61 Å². The summed E-state index contributed by atoms with van der Waals surface area (Å²) in [6, 6.07) is 26.3. The molecule has 5 nitrogen and oxygen atoms in total. The summed E-state index contributed by atoms with van der Waals surface area (Å²) < 4.78 is 11.2. The molecular weight excluding hydrogens is 388 g/mol. The lowest BCUT2D eigenvalue weighted by Gasteiger charge is -2.36. The number of hydrogen-bond acceptors (Lipinski definition) is 4. The highest BCUT2D eigenvalue weighted by atomic mass is 16.5. The molecule has 0 aliphatic carbocycles. The van der Waals surface area contributed by atoms with Gasteiger partial charge in [-0.05, 0) is 41.5 Å². The van der Waals surface area contributed by atoms with Gasteiger partial charge in [0.2, 0.25) is 0 Å². The first-order valence-corrected chi connectivity index (χ1v) is 10.6. The van der Waals surface area contributed by atoms with Crippen molar-refractivity contribution in [2.75, 3.05) is 44.8 Å². The number of carbonyl (C=O) groups is 1. The number of carbonyl (C=O) groups excluding carboxylic acids is 1. The van der Waals surface area contributed by atoms with Gasteiger partial charge in [-0.2, -0.15) is 0 Å². The van der Waals surface area contributed by atoms with Crippen LogP contribution in [0.4, 0.5) is 5.69 Å². The number of rotatable bonds is 7. The molecule has 1 heterocycles. The molecule has 0 atom stereocenters. The van der Waals surface area contributed by atoms with Gasteiger partial charge >= 0.3 is 0 Å². The van der Waals surface area contributed by atoms with E-state index in [1.54, 1.807) is 7.11 Å². The quantitative estimate of drug-likeness (QED) is 0.584. The molecule has 4 rings (SSSR count). The summed E-state index contributed by atoms with van der Waals surface area (Å²) in [7, 11) is 1.67. The van der Waals surface area contributed by atoms with Gasteiger partial charge in [-0.3, -0.25) is 4.79 Å². The van der Waals surface area contributed by atoms with E-state index in [0.717, 1.165) is 42.3 Å². The molecule has 0 bridgehead atoms. The minimum atomic E-state index is 0.0314. The zero-order chi connectivity index (χ0) is 21.5. The number of hydrogen-bond donors (Lipinski definition) is 0. The summed E-state index contributed by atoms with van der Waals surface area (Å²) in [6.07, 6.45) is 0.783. The van der Waals surface area contributed by atoms with E-state index in [0.29, 0.717) is 13.1 Å². The highest BCUT2D eigenvalue weighted by Crippen LogP contribution is 2.23. The highest BCUT2D eigenvalue weighted by Gasteiger charge is 2.22. The summed E-state index contributed by atoms with van der Waals surface area (Å²) in [5, 5.41) is 0. The second kappa shape index (κ2) is 10.0. The molecule has 1 aliphatic rings. The maximum Gasteiger partial charge on any atom is 0.260 e. The van der Waals surface area contributed by atoms with E-state index < -0.39 is 0 Å². The third-order valence-corrected chi connectivity index (χ3v) is 5.63. The first kappa shape index (κ1) is 20.8. The molecule has 0 radical (unpaired) electrons. The zero-order valence-corrected chi connectivity index (χ0v) is 17.9. The Morgan fingerprint density at radius 3 is 2.23 bits per heavy atom. The lowest BCUT2D eigenvalue weighted by atomic mass is 10.0. The van der Waals surface area contributed by atoms with Crippen LogP contribution in [0.5, 0.6) is 11.5 Å². The van der Waals surface area contributed by atoms with Crippen LogP contribution in [-0.4, -0.2) is 50.7 Å². The average molecular weight is 417 g/mol. The van der Waals surface area contributed by atoms with Gasteiger partial charge in [-0.15, -0.1) is 0 Å². The molecule has 3 aromatic carbocycles. The number of piperazine rings is 1. The van der Waals surface area contributed by atoms with Crippen LogP contribution in [0.15, 0.2) is 78.9 Å². The standard InChI is InChI=1S/C26H28N2O3/c1-30-24-13-11-23(12-14-24)27-15-17-28(18-16-27)26(29)20-31-25-10-6-5-9-22(25)19-21-7-3-2-4-8-21/h2-14H,15-20H2,1H3. The van der Waals surface area contributed by atoms with Crippen LogP contribution in [-0.2, 0) is 11.2 Å². The number of amides is 1. The van der Waals surface area contributed by atoms with Crippen LogP contribution in [0.3, 0.4) is 0 Å². The van der Waals surface area contributed by atoms with Crippen molar-refractivity contribution in [3.05, 3.63) is 90.0 Å². The summed E-state index contributed by atoms with van der Waals surface area (Å²) in [5.74, 6) is 1.66. The number of benzene rings is 3. The van der Waals surface area contributed by atoms with E-state index in [4.69, 9.17) is 9.47 Å². The minimum Gasteiger partial charge on any atom is -0.497 e. The number of para-hydroxylation sites is 1. The molecular formula is C26H28N2O3. The van der Waals surface area contributed by atoms with E-state index in [9.17, 15) is 4.79 Å². The van der Waals surface area contributed by atoms with Crippen molar-refractivity contribution in [3.8, 4) is 11.5 Å². The monoisotopic (exact) mass is 416 g/mol. The van der Waals surface area contributed by atoms with Crippen molar-refractivity contribution in [3.63, 3.8) is 0 Å². The fourth-order valence-corrected chi connectivity index (χ4v) is 3.84. The van der Waals surface area contributed by atoms with Gasteiger partial charge in [-0.1, -0.05) is 48.5 Å². The normalized spacial score (nSPS) is 13.7. The predicted molar refractivity (Wildman–Crippen MR) is 123 cm³/mol. The number of ether oxygens (including phenoxy) is 2. The predicted octanol–water partition coefficient (Wildman–Crippen LogP) is 4.01. The van der Waals surface area contributed by atoms with Crippen LogP contribution in [0, 0.1) is 0 Å². The Bertz CT molecular complexity index is 981. The van der Waals surface area contributed by atoms with Gasteiger partial charge < -0.3 is 19.3 Å². The fourth-order valence-electron chi connectivity index (χ4n) is 3.84. The van der Waals surface area contributed by atoms with Crippen molar-refractivity contribution in [1.29, 1.82) is 0 Å². The Kier molecular flexibility index (Phi) is 6.72. The molecule has 0 N–H and O–H groups in total. The minimum absolute atomic E-state index is 0.0314. The van der Waals surface area contributed by atoms with Crippen molar-refractivity contribution in [2.45, 2.75) is 6.42 Å². The summed E-state index contributed by atoms with van der Waals surface area (Å²) in [6.45, 7) is 3.07. The van der Waals surface area contributed by atoms with E-state index in [1.165, 1.54) is 5.56 Å². The Balaban J connectivity index is 1.30. The third-order valence-electron chi connectivity index (χ3n) is 5.63. The fraction of sp³-hybridized carbons (Fsp3) is 0.269. The lowest BCUT2D eigenvalue weighted by molar-refractivity contribution is -0.133. The van der Waals surface area contributed by atoms with Crippen molar-refractivity contribution >= 4 is 11.6 Å². The molecule has 3 aromatic rings. The summed E-state index contributed by atoms with van der Waals surface area (Å²) in [4.78, 5) is 16.9. The van der Waals surface area contributed by atoms with E-state index in [1.807, 2.05) is 53.4 Å². The van der Waals surface area contributed by atoms with Gasteiger partial charge in [-0.25, -0.2) is 0 Å². The Morgan fingerprint density at radius 1 is 0.839 bits per heavy atom. The van der Waals surface area contributed by atoms with Crippen LogP contribution >= 0.6 is 0 Å². The first-order chi connectivity index (χ1) is 15.2. The second-order valence-corrected chi connectivity index (χ2v) is 7.62. The zero-order valence-electron chi connectivity index (χ0n) is 17.9. The molecule has 5 heteroatoms. The molecule has 31 heavy (non-hydrogen) atoms. The maximum absolute atomic E-state index is 12.7. The van der Waals surface area contributed by atoms with Gasteiger partial charge in [0.05, 0.1) is 7.11 Å². The van der Waals surface area contributed by atoms with Crippen LogP contribution in [0.2, 0.25) is 0 Å². The van der Waals surface area contributed by atoms with Gasteiger partial charge in [0, 0.05) is 38.3 Å². The molecule has 1 amide bonds. The maximum atomic E-state index is 12.7. The molecule has 1 fully saturated rings. The van der Waals surface area contributed by atoms with Crippen LogP contribution in [0.1, 0.15) is 11.1 Å². The van der Waals surface area contributed by atoms with Gasteiger partial charge in [0.1, 0.15) is 11.5 Å².